The Bertz CT molecular complexity index is 659. The molecule has 0 aliphatic heterocycles. The predicted octanol–water partition coefficient (Wildman–Crippen LogP) is 2.65. The number of nitrogens with one attached hydrogen (secondary N) is 2. The van der Waals surface area contributed by atoms with Gasteiger partial charge in [0, 0.05) is 33.1 Å². The molecule has 0 saturated carbocycles. The Morgan fingerprint density at radius 3 is 2.54 bits per heavy atom. The number of hydrogen-bond acceptors (Lipinski definition) is 3. The lowest BCUT2D eigenvalue weighted by atomic mass is 10.2. The minimum atomic E-state index is 0. The standard InChI is InChI=1S/C19H26N4O2.HI/c1-3-23(15-16-8-5-4-6-9-16)18(24)14-22-19(20-2)21-12-11-17-10-7-13-25-17;/h4-10,13H,3,11-12,14-15H2,1-2H3,(H2,20,21,22);1H. The fourth-order valence-electron chi connectivity index (χ4n) is 2.43. The second kappa shape index (κ2) is 12.3. The van der Waals surface area contributed by atoms with Gasteiger partial charge in [-0.15, -0.1) is 24.0 Å². The molecule has 1 aromatic heterocycles. The molecule has 0 aliphatic carbocycles. The summed E-state index contributed by atoms with van der Waals surface area (Å²) in [7, 11) is 1.69. The average Bonchev–Trinajstić information content (AvgIpc) is 3.16. The highest BCUT2D eigenvalue weighted by Crippen LogP contribution is 2.04. The summed E-state index contributed by atoms with van der Waals surface area (Å²) >= 11 is 0. The van der Waals surface area contributed by atoms with E-state index in [0.29, 0.717) is 25.6 Å². The molecule has 0 aliphatic rings. The highest BCUT2D eigenvalue weighted by atomic mass is 127. The van der Waals surface area contributed by atoms with E-state index < -0.39 is 0 Å². The molecule has 7 heteroatoms. The first-order valence-electron chi connectivity index (χ1n) is 8.51. The average molecular weight is 470 g/mol. The summed E-state index contributed by atoms with van der Waals surface area (Å²) in [5.41, 5.74) is 1.12. The lowest BCUT2D eigenvalue weighted by Crippen LogP contribution is -2.44. The van der Waals surface area contributed by atoms with E-state index in [1.165, 1.54) is 0 Å². The van der Waals surface area contributed by atoms with E-state index in [4.69, 9.17) is 4.42 Å². The van der Waals surface area contributed by atoms with Gasteiger partial charge < -0.3 is 20.0 Å². The number of hydrogen-bond donors (Lipinski definition) is 2. The number of likely N-dealkylation sites (N-methyl/N-ethyl adjacent to an activating group) is 1. The third-order valence-electron chi connectivity index (χ3n) is 3.83. The van der Waals surface area contributed by atoms with E-state index in [2.05, 4.69) is 15.6 Å². The number of rotatable bonds is 8. The van der Waals surface area contributed by atoms with Crippen LogP contribution in [0.15, 0.2) is 58.1 Å². The van der Waals surface area contributed by atoms with Crippen LogP contribution in [0.2, 0.25) is 0 Å². The summed E-state index contributed by atoms with van der Waals surface area (Å²) in [6, 6.07) is 13.8. The second-order valence-electron chi connectivity index (χ2n) is 5.58. The van der Waals surface area contributed by atoms with Gasteiger partial charge in [0.25, 0.3) is 0 Å². The number of furan rings is 1. The number of carbonyl (C=O) groups is 1. The SMILES string of the molecule is CCN(Cc1ccccc1)C(=O)CNC(=NC)NCCc1ccco1.I. The molecule has 2 N–H and O–H groups in total. The number of nitrogens with zero attached hydrogens (tertiary/aromatic N) is 2. The van der Waals surface area contributed by atoms with Crippen molar-refractivity contribution in [3.8, 4) is 0 Å². The van der Waals surface area contributed by atoms with Gasteiger partial charge in [0.1, 0.15) is 5.76 Å². The van der Waals surface area contributed by atoms with Crippen molar-refractivity contribution < 1.29 is 9.21 Å². The van der Waals surface area contributed by atoms with E-state index in [9.17, 15) is 4.79 Å². The van der Waals surface area contributed by atoms with Gasteiger partial charge in [-0.05, 0) is 24.6 Å². The number of carbonyl (C=O) groups excluding carboxylic acids is 1. The van der Waals surface area contributed by atoms with Gasteiger partial charge in [-0.2, -0.15) is 0 Å². The lowest BCUT2D eigenvalue weighted by Gasteiger charge is -2.22. The highest BCUT2D eigenvalue weighted by molar-refractivity contribution is 14.0. The maximum atomic E-state index is 12.4. The van der Waals surface area contributed by atoms with Crippen LogP contribution in [-0.2, 0) is 17.8 Å². The van der Waals surface area contributed by atoms with Crippen LogP contribution in [0.25, 0.3) is 0 Å². The quantitative estimate of drug-likeness (QED) is 0.354. The highest BCUT2D eigenvalue weighted by Gasteiger charge is 2.12. The Kier molecular flexibility index (Phi) is 10.5. The summed E-state index contributed by atoms with van der Waals surface area (Å²) in [5.74, 6) is 1.56. The maximum absolute atomic E-state index is 12.4. The Hall–Kier alpha value is -2.03. The van der Waals surface area contributed by atoms with Crippen LogP contribution >= 0.6 is 24.0 Å². The molecular formula is C19H27IN4O2. The van der Waals surface area contributed by atoms with Crippen molar-refractivity contribution in [3.05, 3.63) is 60.1 Å². The van der Waals surface area contributed by atoms with E-state index in [1.807, 2.05) is 54.3 Å². The number of halogens is 1. The van der Waals surface area contributed by atoms with Crippen molar-refractivity contribution in [2.75, 3.05) is 26.7 Å². The van der Waals surface area contributed by atoms with Gasteiger partial charge in [0.05, 0.1) is 12.8 Å². The van der Waals surface area contributed by atoms with Gasteiger partial charge in [-0.1, -0.05) is 30.3 Å². The van der Waals surface area contributed by atoms with Crippen LogP contribution in [0.1, 0.15) is 18.2 Å². The molecule has 26 heavy (non-hydrogen) atoms. The number of guanidine groups is 1. The zero-order valence-electron chi connectivity index (χ0n) is 15.3. The van der Waals surface area contributed by atoms with Crippen molar-refractivity contribution in [1.29, 1.82) is 0 Å². The smallest absolute Gasteiger partial charge is 0.242 e. The summed E-state index contributed by atoms with van der Waals surface area (Å²) < 4.78 is 5.29. The third-order valence-corrected chi connectivity index (χ3v) is 3.83. The fourth-order valence-corrected chi connectivity index (χ4v) is 2.43. The minimum Gasteiger partial charge on any atom is -0.469 e. The predicted molar refractivity (Wildman–Crippen MR) is 115 cm³/mol. The molecule has 0 bridgehead atoms. The molecule has 2 rings (SSSR count). The number of amides is 1. The van der Waals surface area contributed by atoms with Gasteiger partial charge >= 0.3 is 0 Å². The third kappa shape index (κ3) is 7.47. The van der Waals surface area contributed by atoms with E-state index in [0.717, 1.165) is 17.7 Å². The first-order valence-corrected chi connectivity index (χ1v) is 8.51. The molecule has 0 atom stereocenters. The van der Waals surface area contributed by atoms with Crippen molar-refractivity contribution in [2.45, 2.75) is 19.9 Å². The Labute approximate surface area is 172 Å². The molecule has 0 radical (unpaired) electrons. The molecular weight excluding hydrogens is 443 g/mol. The Morgan fingerprint density at radius 1 is 1.15 bits per heavy atom. The van der Waals surface area contributed by atoms with Crippen LogP contribution < -0.4 is 10.6 Å². The molecule has 1 amide bonds. The first kappa shape index (κ1) is 22.0. The van der Waals surface area contributed by atoms with Crippen LogP contribution in [0.3, 0.4) is 0 Å². The van der Waals surface area contributed by atoms with Gasteiger partial charge in [0.15, 0.2) is 5.96 Å². The number of benzene rings is 1. The Balaban J connectivity index is 0.00000338. The van der Waals surface area contributed by atoms with E-state index in [1.54, 1.807) is 13.3 Å². The first-order chi connectivity index (χ1) is 12.2. The molecule has 0 spiro atoms. The molecule has 2 aromatic rings. The lowest BCUT2D eigenvalue weighted by molar-refractivity contribution is -0.130. The summed E-state index contributed by atoms with van der Waals surface area (Å²) in [5, 5.41) is 6.24. The topological polar surface area (TPSA) is 69.9 Å². The van der Waals surface area contributed by atoms with Gasteiger partial charge in [-0.3, -0.25) is 9.79 Å². The number of aliphatic imine (C=N–C) groups is 1. The summed E-state index contributed by atoms with van der Waals surface area (Å²) in [6.45, 7) is 4.16. The fraction of sp³-hybridized carbons (Fsp3) is 0.368. The summed E-state index contributed by atoms with van der Waals surface area (Å²) in [4.78, 5) is 18.4. The Morgan fingerprint density at radius 2 is 1.92 bits per heavy atom. The van der Waals surface area contributed by atoms with Crippen molar-refractivity contribution in [3.63, 3.8) is 0 Å². The molecule has 6 nitrogen and oxygen atoms in total. The maximum Gasteiger partial charge on any atom is 0.242 e. The van der Waals surface area contributed by atoms with Crippen LogP contribution in [-0.4, -0.2) is 43.4 Å². The molecule has 142 valence electrons. The minimum absolute atomic E-state index is 0. The van der Waals surface area contributed by atoms with Gasteiger partial charge in [-0.25, -0.2) is 0 Å². The van der Waals surface area contributed by atoms with Crippen LogP contribution in [0.4, 0.5) is 0 Å². The van der Waals surface area contributed by atoms with Gasteiger partial charge in [0.2, 0.25) is 5.91 Å². The van der Waals surface area contributed by atoms with Crippen molar-refractivity contribution in [2.24, 2.45) is 4.99 Å². The normalized spacial score (nSPS) is 10.8. The van der Waals surface area contributed by atoms with Crippen molar-refractivity contribution >= 4 is 35.8 Å². The van der Waals surface area contributed by atoms with E-state index in [-0.39, 0.29) is 36.4 Å². The monoisotopic (exact) mass is 470 g/mol. The zero-order chi connectivity index (χ0) is 17.9. The molecule has 1 heterocycles. The largest absolute Gasteiger partial charge is 0.469 e. The van der Waals surface area contributed by atoms with E-state index >= 15 is 0 Å². The zero-order valence-corrected chi connectivity index (χ0v) is 17.6. The molecule has 1 aromatic carbocycles. The van der Waals surface area contributed by atoms with Crippen LogP contribution in [0.5, 0.6) is 0 Å². The molecule has 0 fully saturated rings. The van der Waals surface area contributed by atoms with Crippen LogP contribution in [0, 0.1) is 0 Å². The molecule has 0 saturated heterocycles. The second-order valence-corrected chi connectivity index (χ2v) is 5.58. The van der Waals surface area contributed by atoms with Crippen molar-refractivity contribution in [1.82, 2.24) is 15.5 Å². The molecule has 0 unspecified atom stereocenters. The summed E-state index contributed by atoms with van der Waals surface area (Å²) in [6.07, 6.45) is 2.42.